The van der Waals surface area contributed by atoms with E-state index < -0.39 is 28.1 Å². The van der Waals surface area contributed by atoms with Gasteiger partial charge in [-0.3, -0.25) is 4.99 Å². The number of ether oxygens (including phenoxy) is 1. The summed E-state index contributed by atoms with van der Waals surface area (Å²) in [6.45, 7) is 1.87. The van der Waals surface area contributed by atoms with E-state index in [0.29, 0.717) is 16.3 Å². The van der Waals surface area contributed by atoms with Crippen LogP contribution in [0.25, 0.3) is 0 Å². The Balaban J connectivity index is 1.89. The standard InChI is InChI=1S/C30H27ClN2O4S/c1-21-13-19-26(20-14-21)38(35,36)33-28(24-15-17-25(31)18-16-24)29(30(34)37-2)32-27(22-9-5-3-6-10-22)23-11-7-4-8-12-23/h3-20,28-29,33H,1-2H3/t28-,29-/m1/s1. The second kappa shape index (κ2) is 12.2. The van der Waals surface area contributed by atoms with Crippen LogP contribution in [-0.4, -0.2) is 33.3 Å². The molecule has 0 amide bonds. The van der Waals surface area contributed by atoms with Gasteiger partial charge in [-0.05, 0) is 36.8 Å². The van der Waals surface area contributed by atoms with Gasteiger partial charge in [-0.15, -0.1) is 0 Å². The van der Waals surface area contributed by atoms with E-state index >= 15 is 0 Å². The van der Waals surface area contributed by atoms with Gasteiger partial charge in [-0.2, -0.15) is 0 Å². The van der Waals surface area contributed by atoms with Crippen molar-refractivity contribution in [3.05, 3.63) is 136 Å². The van der Waals surface area contributed by atoms with Crippen LogP contribution in [0.15, 0.2) is 119 Å². The van der Waals surface area contributed by atoms with Crippen LogP contribution < -0.4 is 4.72 Å². The summed E-state index contributed by atoms with van der Waals surface area (Å²) in [6, 6.07) is 29.5. The number of esters is 1. The van der Waals surface area contributed by atoms with Crippen molar-refractivity contribution in [1.82, 2.24) is 4.72 Å². The summed E-state index contributed by atoms with van der Waals surface area (Å²) in [7, 11) is -2.79. The van der Waals surface area contributed by atoms with Crippen LogP contribution in [-0.2, 0) is 19.6 Å². The van der Waals surface area contributed by atoms with Gasteiger partial charge < -0.3 is 4.74 Å². The molecule has 4 rings (SSSR count). The molecule has 0 aliphatic carbocycles. The lowest BCUT2D eigenvalue weighted by Gasteiger charge is -2.25. The number of hydrogen-bond donors (Lipinski definition) is 1. The molecule has 1 N–H and O–H groups in total. The maximum atomic E-state index is 13.5. The number of halogens is 1. The Kier molecular flexibility index (Phi) is 8.73. The zero-order valence-corrected chi connectivity index (χ0v) is 22.5. The molecule has 8 heteroatoms. The summed E-state index contributed by atoms with van der Waals surface area (Å²) in [4.78, 5) is 18.2. The van der Waals surface area contributed by atoms with Crippen molar-refractivity contribution < 1.29 is 17.9 Å². The molecule has 0 saturated heterocycles. The minimum atomic E-state index is -4.05. The van der Waals surface area contributed by atoms with Crippen LogP contribution in [0.2, 0.25) is 5.02 Å². The first-order chi connectivity index (χ1) is 18.3. The Morgan fingerprint density at radius 3 is 1.84 bits per heavy atom. The maximum absolute atomic E-state index is 13.5. The summed E-state index contributed by atoms with van der Waals surface area (Å²) in [5, 5.41) is 0.473. The van der Waals surface area contributed by atoms with E-state index in [2.05, 4.69) is 4.72 Å². The number of rotatable bonds is 9. The largest absolute Gasteiger partial charge is 0.467 e. The van der Waals surface area contributed by atoms with E-state index in [4.69, 9.17) is 21.3 Å². The first-order valence-corrected chi connectivity index (χ1v) is 13.8. The van der Waals surface area contributed by atoms with Crippen molar-refractivity contribution in [3.8, 4) is 0 Å². The van der Waals surface area contributed by atoms with Gasteiger partial charge in [0.15, 0.2) is 6.04 Å². The smallest absolute Gasteiger partial charge is 0.332 e. The first kappa shape index (κ1) is 27.3. The lowest BCUT2D eigenvalue weighted by Crippen LogP contribution is -2.40. The minimum absolute atomic E-state index is 0.0704. The molecular weight excluding hydrogens is 520 g/mol. The second-order valence-corrected chi connectivity index (χ2v) is 10.8. The summed E-state index contributed by atoms with van der Waals surface area (Å²) in [5.74, 6) is -0.694. The van der Waals surface area contributed by atoms with Gasteiger partial charge in [-0.1, -0.05) is 102 Å². The number of sulfonamides is 1. The molecule has 0 aliphatic heterocycles. The van der Waals surface area contributed by atoms with E-state index in [1.165, 1.54) is 19.2 Å². The lowest BCUT2D eigenvalue weighted by molar-refractivity contribution is -0.142. The highest BCUT2D eigenvalue weighted by atomic mass is 35.5. The number of hydrogen-bond acceptors (Lipinski definition) is 5. The fourth-order valence-electron chi connectivity index (χ4n) is 3.97. The minimum Gasteiger partial charge on any atom is -0.467 e. The predicted molar refractivity (Wildman–Crippen MR) is 150 cm³/mol. The molecule has 0 heterocycles. The van der Waals surface area contributed by atoms with E-state index in [1.807, 2.05) is 67.6 Å². The van der Waals surface area contributed by atoms with Crippen LogP contribution in [0.1, 0.15) is 28.3 Å². The molecule has 4 aromatic carbocycles. The van der Waals surface area contributed by atoms with Crippen molar-refractivity contribution in [2.75, 3.05) is 7.11 Å². The van der Waals surface area contributed by atoms with Crippen molar-refractivity contribution in [3.63, 3.8) is 0 Å². The van der Waals surface area contributed by atoms with E-state index in [-0.39, 0.29) is 4.90 Å². The van der Waals surface area contributed by atoms with Crippen molar-refractivity contribution in [1.29, 1.82) is 0 Å². The predicted octanol–water partition coefficient (Wildman–Crippen LogP) is 5.75. The van der Waals surface area contributed by atoms with Gasteiger partial charge in [0, 0.05) is 16.1 Å². The zero-order valence-electron chi connectivity index (χ0n) is 20.9. The van der Waals surface area contributed by atoms with E-state index in [1.54, 1.807) is 36.4 Å². The van der Waals surface area contributed by atoms with Gasteiger partial charge in [0.1, 0.15) is 0 Å². The third kappa shape index (κ3) is 6.55. The summed E-state index contributed by atoms with van der Waals surface area (Å²) in [6.07, 6.45) is 0. The van der Waals surface area contributed by atoms with Crippen LogP contribution in [0.4, 0.5) is 0 Å². The molecule has 0 spiro atoms. The number of benzene rings is 4. The van der Waals surface area contributed by atoms with Gasteiger partial charge in [0.25, 0.3) is 0 Å². The molecule has 0 saturated carbocycles. The maximum Gasteiger partial charge on any atom is 0.332 e. The SMILES string of the molecule is COC(=O)[C@H](N=C(c1ccccc1)c1ccccc1)[C@H](NS(=O)(=O)c1ccc(C)cc1)c1ccc(Cl)cc1. The number of carbonyl (C=O) groups is 1. The fourth-order valence-corrected chi connectivity index (χ4v) is 5.32. The summed E-state index contributed by atoms with van der Waals surface area (Å²) < 4.78 is 34.8. The lowest BCUT2D eigenvalue weighted by atomic mass is 9.98. The molecular formula is C30H27ClN2O4S. The first-order valence-electron chi connectivity index (χ1n) is 11.9. The van der Waals surface area contributed by atoms with E-state index in [0.717, 1.165) is 16.7 Å². The number of aliphatic imine (C=N–C) groups is 1. The van der Waals surface area contributed by atoms with Gasteiger partial charge >= 0.3 is 5.97 Å². The molecule has 0 radical (unpaired) electrons. The molecule has 0 fully saturated rings. The van der Waals surface area contributed by atoms with Gasteiger partial charge in [0.2, 0.25) is 10.0 Å². The van der Waals surface area contributed by atoms with Crippen LogP contribution in [0.5, 0.6) is 0 Å². The van der Waals surface area contributed by atoms with Gasteiger partial charge in [-0.25, -0.2) is 17.9 Å². The molecule has 4 aromatic rings. The monoisotopic (exact) mass is 546 g/mol. The van der Waals surface area contributed by atoms with E-state index in [9.17, 15) is 13.2 Å². The Morgan fingerprint density at radius 1 is 0.816 bits per heavy atom. The molecule has 0 aliphatic rings. The Hall–Kier alpha value is -3.78. The fraction of sp³-hybridized carbons (Fsp3) is 0.133. The van der Waals surface area contributed by atoms with Crippen molar-refractivity contribution >= 4 is 33.3 Å². The molecule has 38 heavy (non-hydrogen) atoms. The quantitative estimate of drug-likeness (QED) is 0.214. The average molecular weight is 547 g/mol. The Morgan fingerprint density at radius 2 is 1.34 bits per heavy atom. The van der Waals surface area contributed by atoms with Crippen LogP contribution in [0, 0.1) is 6.92 Å². The number of nitrogens with zero attached hydrogens (tertiary/aromatic N) is 1. The van der Waals surface area contributed by atoms with Gasteiger partial charge in [0.05, 0.1) is 23.8 Å². The van der Waals surface area contributed by atoms with Crippen molar-refractivity contribution in [2.45, 2.75) is 23.9 Å². The number of aryl methyl sites for hydroxylation is 1. The Labute approximate surface area is 228 Å². The third-order valence-electron chi connectivity index (χ3n) is 5.96. The summed E-state index contributed by atoms with van der Waals surface area (Å²) in [5.41, 5.74) is 3.48. The van der Waals surface area contributed by atoms with Crippen LogP contribution >= 0.6 is 11.6 Å². The normalized spacial score (nSPS) is 12.8. The highest BCUT2D eigenvalue weighted by molar-refractivity contribution is 7.89. The zero-order chi connectivity index (χ0) is 27.1. The molecule has 194 valence electrons. The second-order valence-electron chi connectivity index (χ2n) is 8.64. The molecule has 0 aromatic heterocycles. The molecule has 0 bridgehead atoms. The highest BCUT2D eigenvalue weighted by Gasteiger charge is 2.35. The summed E-state index contributed by atoms with van der Waals surface area (Å²) >= 11 is 6.12. The molecule has 6 nitrogen and oxygen atoms in total. The van der Waals surface area contributed by atoms with Crippen molar-refractivity contribution in [2.24, 2.45) is 4.99 Å². The van der Waals surface area contributed by atoms with Crippen LogP contribution in [0.3, 0.4) is 0 Å². The third-order valence-corrected chi connectivity index (χ3v) is 7.67. The molecule has 0 unspecified atom stereocenters. The topological polar surface area (TPSA) is 84.8 Å². The molecule has 2 atom stereocenters. The number of nitrogens with one attached hydrogen (secondary N) is 1. The Bertz CT molecular complexity index is 1470. The number of carbonyl (C=O) groups excluding carboxylic acids is 1. The highest BCUT2D eigenvalue weighted by Crippen LogP contribution is 2.27. The average Bonchev–Trinajstić information content (AvgIpc) is 2.94. The number of methoxy groups -OCH3 is 1.